The summed E-state index contributed by atoms with van der Waals surface area (Å²) in [5.41, 5.74) is 2.19. The van der Waals surface area contributed by atoms with Gasteiger partial charge >= 0.3 is 12.0 Å². The van der Waals surface area contributed by atoms with Gasteiger partial charge in [-0.05, 0) is 68.7 Å². The highest BCUT2D eigenvalue weighted by atomic mass is 16.4. The van der Waals surface area contributed by atoms with E-state index in [1.807, 2.05) is 26.8 Å². The molecule has 2 aromatic carbocycles. The van der Waals surface area contributed by atoms with Gasteiger partial charge in [-0.3, -0.25) is 9.59 Å². The van der Waals surface area contributed by atoms with Crippen molar-refractivity contribution in [3.8, 4) is 0 Å². The van der Waals surface area contributed by atoms with Crippen LogP contribution in [0, 0.1) is 0 Å². The molecule has 0 aliphatic carbocycles. The van der Waals surface area contributed by atoms with Crippen LogP contribution in [0.25, 0.3) is 0 Å². The van der Waals surface area contributed by atoms with E-state index in [1.165, 1.54) is 0 Å². The zero-order chi connectivity index (χ0) is 21.4. The Morgan fingerprint density at radius 3 is 2.24 bits per heavy atom. The molecule has 2 rings (SSSR count). The van der Waals surface area contributed by atoms with Crippen molar-refractivity contribution in [2.75, 3.05) is 10.6 Å². The van der Waals surface area contributed by atoms with Gasteiger partial charge < -0.3 is 21.1 Å². The Bertz CT molecular complexity index is 876. The molecule has 3 amide bonds. The summed E-state index contributed by atoms with van der Waals surface area (Å²) >= 11 is 0. The van der Waals surface area contributed by atoms with E-state index in [-0.39, 0.29) is 17.9 Å². The molecule has 0 bridgehead atoms. The maximum atomic E-state index is 12.3. The number of aryl methyl sites for hydroxylation is 1. The highest BCUT2D eigenvalue weighted by Gasteiger charge is 2.18. The highest BCUT2D eigenvalue weighted by Crippen LogP contribution is 2.15. The first kappa shape index (κ1) is 21.9. The number of carboxylic acids is 1. The molecule has 0 aromatic heterocycles. The first-order chi connectivity index (χ1) is 13.7. The smallest absolute Gasteiger partial charge is 0.323 e. The fraction of sp³-hybridized carbons (Fsp3) is 0.318. The lowest BCUT2D eigenvalue weighted by Crippen LogP contribution is -2.42. The maximum absolute atomic E-state index is 12.3. The van der Waals surface area contributed by atoms with Crippen LogP contribution in [0.4, 0.5) is 16.2 Å². The molecule has 0 atom stereocenters. The Kier molecular flexibility index (Phi) is 7.36. The molecule has 0 fully saturated rings. The van der Waals surface area contributed by atoms with Gasteiger partial charge in [-0.25, -0.2) is 4.79 Å². The minimum absolute atomic E-state index is 0.0328. The molecule has 0 aliphatic heterocycles. The molecule has 0 heterocycles. The number of amides is 3. The van der Waals surface area contributed by atoms with E-state index in [4.69, 9.17) is 5.11 Å². The van der Waals surface area contributed by atoms with Crippen molar-refractivity contribution in [1.82, 2.24) is 5.32 Å². The fourth-order valence-electron chi connectivity index (χ4n) is 2.52. The van der Waals surface area contributed by atoms with Gasteiger partial charge in [0.2, 0.25) is 0 Å². The van der Waals surface area contributed by atoms with Gasteiger partial charge in [0.1, 0.15) is 0 Å². The maximum Gasteiger partial charge on any atom is 0.323 e. The second-order valence-electron chi connectivity index (χ2n) is 7.44. The Hall–Kier alpha value is -3.35. The topological polar surface area (TPSA) is 108 Å². The second-order valence-corrected chi connectivity index (χ2v) is 7.44. The average molecular weight is 397 g/mol. The number of urea groups is 1. The summed E-state index contributed by atoms with van der Waals surface area (Å²) in [5, 5.41) is 17.2. The van der Waals surface area contributed by atoms with E-state index >= 15 is 0 Å². The molecule has 4 N–H and O–H groups in total. The molecule has 29 heavy (non-hydrogen) atoms. The number of carboxylic acid groups (broad SMARTS) is 1. The predicted octanol–water partition coefficient (Wildman–Crippen LogP) is 4.27. The highest BCUT2D eigenvalue weighted by molar-refractivity contribution is 6.00. The number of hydrogen-bond donors (Lipinski definition) is 4. The van der Waals surface area contributed by atoms with Crippen molar-refractivity contribution in [3.63, 3.8) is 0 Å². The van der Waals surface area contributed by atoms with E-state index in [1.54, 1.807) is 42.5 Å². The Balaban J connectivity index is 1.93. The van der Waals surface area contributed by atoms with E-state index in [9.17, 15) is 14.4 Å². The average Bonchev–Trinajstić information content (AvgIpc) is 2.67. The van der Waals surface area contributed by atoms with E-state index in [2.05, 4.69) is 16.0 Å². The second kappa shape index (κ2) is 9.73. The summed E-state index contributed by atoms with van der Waals surface area (Å²) in [6.45, 7) is 5.93. The Morgan fingerprint density at radius 2 is 1.62 bits per heavy atom. The van der Waals surface area contributed by atoms with Gasteiger partial charge in [0.05, 0.1) is 0 Å². The van der Waals surface area contributed by atoms with Gasteiger partial charge in [0.25, 0.3) is 5.91 Å². The molecule has 0 aliphatic rings. The van der Waals surface area contributed by atoms with Crippen LogP contribution in [0.1, 0.15) is 49.5 Å². The van der Waals surface area contributed by atoms with Crippen molar-refractivity contribution in [2.24, 2.45) is 0 Å². The number of benzene rings is 2. The van der Waals surface area contributed by atoms with Crippen LogP contribution in [0.2, 0.25) is 0 Å². The number of carbonyl (C=O) groups excluding carboxylic acids is 2. The molecule has 0 saturated carbocycles. The predicted molar refractivity (Wildman–Crippen MR) is 113 cm³/mol. The van der Waals surface area contributed by atoms with Crippen molar-refractivity contribution in [3.05, 3.63) is 59.7 Å². The van der Waals surface area contributed by atoms with E-state index in [0.717, 1.165) is 12.0 Å². The Morgan fingerprint density at radius 1 is 0.966 bits per heavy atom. The Labute approximate surface area is 170 Å². The minimum Gasteiger partial charge on any atom is -0.481 e. The molecule has 7 nitrogen and oxygen atoms in total. The first-order valence-corrected chi connectivity index (χ1v) is 9.50. The normalized spacial score (nSPS) is 10.9. The largest absolute Gasteiger partial charge is 0.481 e. The molecule has 2 aromatic rings. The summed E-state index contributed by atoms with van der Waals surface area (Å²) in [4.78, 5) is 35.2. The standard InChI is InChI=1S/C22H27N3O4/c1-4-22(2,3)25-20(28)16-9-11-17(12-10-16)23-21(29)24-18-7-5-6-15(14-18)8-13-19(26)27/h5-7,9-12,14H,4,8,13H2,1-3H3,(H,25,28)(H,26,27)(H2,23,24,29). The summed E-state index contributed by atoms with van der Waals surface area (Å²) in [6, 6.07) is 13.3. The van der Waals surface area contributed by atoms with Crippen LogP contribution in [0.5, 0.6) is 0 Å². The summed E-state index contributed by atoms with van der Waals surface area (Å²) < 4.78 is 0. The van der Waals surface area contributed by atoms with Crippen LogP contribution in [-0.4, -0.2) is 28.6 Å². The fourth-order valence-corrected chi connectivity index (χ4v) is 2.52. The zero-order valence-electron chi connectivity index (χ0n) is 16.9. The van der Waals surface area contributed by atoms with E-state index in [0.29, 0.717) is 23.4 Å². The van der Waals surface area contributed by atoms with Crippen molar-refractivity contribution in [1.29, 1.82) is 0 Å². The molecule has 7 heteroatoms. The number of anilines is 2. The third-order valence-corrected chi connectivity index (χ3v) is 4.55. The monoisotopic (exact) mass is 397 g/mol. The lowest BCUT2D eigenvalue weighted by molar-refractivity contribution is -0.136. The first-order valence-electron chi connectivity index (χ1n) is 9.50. The number of rotatable bonds is 8. The summed E-state index contributed by atoms with van der Waals surface area (Å²) in [7, 11) is 0. The van der Waals surface area contributed by atoms with Gasteiger partial charge in [-0.15, -0.1) is 0 Å². The van der Waals surface area contributed by atoms with Crippen LogP contribution in [0.15, 0.2) is 48.5 Å². The molecule has 0 unspecified atom stereocenters. The lowest BCUT2D eigenvalue weighted by atomic mass is 10.0. The molecule has 0 spiro atoms. The van der Waals surface area contributed by atoms with Gasteiger partial charge in [-0.2, -0.15) is 0 Å². The third kappa shape index (κ3) is 7.29. The van der Waals surface area contributed by atoms with E-state index < -0.39 is 12.0 Å². The lowest BCUT2D eigenvalue weighted by Gasteiger charge is -2.24. The van der Waals surface area contributed by atoms with Crippen molar-refractivity contribution in [2.45, 2.75) is 45.6 Å². The minimum atomic E-state index is -0.864. The molecular formula is C22H27N3O4. The molecule has 0 saturated heterocycles. The van der Waals surface area contributed by atoms with Crippen LogP contribution >= 0.6 is 0 Å². The van der Waals surface area contributed by atoms with Crippen LogP contribution in [-0.2, 0) is 11.2 Å². The third-order valence-electron chi connectivity index (χ3n) is 4.55. The van der Waals surface area contributed by atoms with Crippen LogP contribution < -0.4 is 16.0 Å². The number of aliphatic carboxylic acids is 1. The quantitative estimate of drug-likeness (QED) is 0.533. The SMILES string of the molecule is CCC(C)(C)NC(=O)c1ccc(NC(=O)Nc2cccc(CCC(=O)O)c2)cc1. The zero-order valence-corrected chi connectivity index (χ0v) is 16.9. The summed E-state index contributed by atoms with van der Waals surface area (Å²) in [5.74, 6) is -1.03. The van der Waals surface area contributed by atoms with Crippen LogP contribution in [0.3, 0.4) is 0 Å². The number of hydrogen-bond acceptors (Lipinski definition) is 3. The molecular weight excluding hydrogens is 370 g/mol. The van der Waals surface area contributed by atoms with Gasteiger partial charge in [0, 0.05) is 28.9 Å². The number of carbonyl (C=O) groups is 3. The van der Waals surface area contributed by atoms with Gasteiger partial charge in [0.15, 0.2) is 0 Å². The molecule has 0 radical (unpaired) electrons. The molecule has 154 valence electrons. The van der Waals surface area contributed by atoms with Crippen molar-refractivity contribution >= 4 is 29.3 Å². The van der Waals surface area contributed by atoms with Crippen molar-refractivity contribution < 1.29 is 19.5 Å². The number of nitrogens with one attached hydrogen (secondary N) is 3. The summed E-state index contributed by atoms with van der Waals surface area (Å²) in [6.07, 6.45) is 1.24. The van der Waals surface area contributed by atoms with Gasteiger partial charge in [-0.1, -0.05) is 19.1 Å².